The highest BCUT2D eigenvalue weighted by molar-refractivity contribution is 5.85. The highest BCUT2D eigenvalue weighted by Crippen LogP contribution is 2.35. The first-order chi connectivity index (χ1) is 13.2. The Labute approximate surface area is 162 Å². The van der Waals surface area contributed by atoms with Gasteiger partial charge in [-0.25, -0.2) is 0 Å². The van der Waals surface area contributed by atoms with Crippen molar-refractivity contribution in [2.75, 3.05) is 26.2 Å². The highest BCUT2D eigenvalue weighted by atomic mass is 16.2. The largest absolute Gasteiger partial charge is 0.353 e. The molecular weight excluding hydrogens is 338 g/mol. The molecule has 1 aliphatic heterocycles. The van der Waals surface area contributed by atoms with Gasteiger partial charge in [0.05, 0.1) is 13.0 Å². The molecule has 0 unspecified atom stereocenters. The minimum absolute atomic E-state index is 0.0573. The second-order valence-corrected chi connectivity index (χ2v) is 8.05. The lowest BCUT2D eigenvalue weighted by Crippen LogP contribution is -2.58. The molecule has 2 fully saturated rings. The monoisotopic (exact) mass is 371 g/mol. The van der Waals surface area contributed by atoms with Gasteiger partial charge in [-0.05, 0) is 44.3 Å². The van der Waals surface area contributed by atoms with Crippen molar-refractivity contribution in [3.05, 3.63) is 35.9 Å². The lowest BCUT2D eigenvalue weighted by molar-refractivity contribution is -0.126. The van der Waals surface area contributed by atoms with E-state index in [4.69, 9.17) is 0 Å². The van der Waals surface area contributed by atoms with Crippen LogP contribution >= 0.6 is 0 Å². The smallest absolute Gasteiger partial charge is 0.239 e. The lowest BCUT2D eigenvalue weighted by Gasteiger charge is -2.48. The molecule has 2 aliphatic rings. The summed E-state index contributed by atoms with van der Waals surface area (Å²) >= 11 is 0. The molecule has 27 heavy (non-hydrogen) atoms. The van der Waals surface area contributed by atoms with E-state index >= 15 is 0 Å². The average Bonchev–Trinajstić information content (AvgIpc) is 2.73. The van der Waals surface area contributed by atoms with E-state index in [1.54, 1.807) is 0 Å². The molecule has 0 bridgehead atoms. The number of rotatable bonds is 7. The Morgan fingerprint density at radius 1 is 0.852 bits per heavy atom. The average molecular weight is 372 g/mol. The highest BCUT2D eigenvalue weighted by Gasteiger charge is 2.38. The van der Waals surface area contributed by atoms with Crippen LogP contribution in [-0.2, 0) is 16.0 Å². The summed E-state index contributed by atoms with van der Waals surface area (Å²) in [5, 5.41) is 5.86. The molecule has 2 amide bonds. The van der Waals surface area contributed by atoms with Gasteiger partial charge in [0.25, 0.3) is 0 Å². The first-order valence-corrected chi connectivity index (χ1v) is 10.5. The topological polar surface area (TPSA) is 61.4 Å². The van der Waals surface area contributed by atoms with Gasteiger partial charge >= 0.3 is 0 Å². The Morgan fingerprint density at radius 3 is 2.22 bits per heavy atom. The standard InChI is InChI=1S/C22H33N3O2/c26-20(16-19-10-4-1-5-11-19)23-17-21(27)24-18-22(12-6-2-7-13-22)25-14-8-3-9-15-25/h1,4-5,10-11H,2-3,6-9,12-18H2,(H,23,26)(H,24,27). The number of likely N-dealkylation sites (tertiary alicyclic amines) is 1. The zero-order chi connectivity index (χ0) is 19.0. The lowest BCUT2D eigenvalue weighted by atomic mass is 9.79. The van der Waals surface area contributed by atoms with Crippen molar-refractivity contribution in [3.8, 4) is 0 Å². The van der Waals surface area contributed by atoms with Gasteiger partial charge in [-0.3, -0.25) is 14.5 Å². The molecule has 3 rings (SSSR count). The summed E-state index contributed by atoms with van der Waals surface area (Å²) in [5.74, 6) is -0.196. The maximum absolute atomic E-state index is 12.3. The molecule has 1 aromatic rings. The van der Waals surface area contributed by atoms with Crippen LogP contribution in [0.3, 0.4) is 0 Å². The minimum atomic E-state index is -0.111. The molecule has 0 spiro atoms. The molecule has 148 valence electrons. The number of amides is 2. The molecule has 1 aromatic carbocycles. The fraction of sp³-hybridized carbons (Fsp3) is 0.636. The summed E-state index contributed by atoms with van der Waals surface area (Å²) in [4.78, 5) is 27.0. The molecule has 0 aromatic heterocycles. The predicted molar refractivity (Wildman–Crippen MR) is 107 cm³/mol. The number of benzene rings is 1. The number of hydrogen-bond acceptors (Lipinski definition) is 3. The van der Waals surface area contributed by atoms with Crippen molar-refractivity contribution in [2.24, 2.45) is 0 Å². The van der Waals surface area contributed by atoms with Crippen molar-refractivity contribution >= 4 is 11.8 Å². The van der Waals surface area contributed by atoms with Gasteiger partial charge in [0.2, 0.25) is 11.8 Å². The molecule has 1 saturated heterocycles. The number of piperidine rings is 1. The Balaban J connectivity index is 1.45. The van der Waals surface area contributed by atoms with Crippen LogP contribution in [0.2, 0.25) is 0 Å². The Hall–Kier alpha value is -1.88. The fourth-order valence-corrected chi connectivity index (χ4v) is 4.53. The molecule has 5 heteroatoms. The van der Waals surface area contributed by atoms with Crippen LogP contribution in [0.25, 0.3) is 0 Å². The first kappa shape index (κ1) is 19.9. The number of nitrogens with one attached hydrogen (secondary N) is 2. The maximum Gasteiger partial charge on any atom is 0.239 e. The second-order valence-electron chi connectivity index (χ2n) is 8.05. The summed E-state index contributed by atoms with van der Waals surface area (Å²) in [6.45, 7) is 3.08. The molecular formula is C22H33N3O2. The minimum Gasteiger partial charge on any atom is -0.353 e. The molecule has 1 saturated carbocycles. The van der Waals surface area contributed by atoms with Gasteiger partial charge in [0.15, 0.2) is 0 Å². The molecule has 2 N–H and O–H groups in total. The Bertz CT molecular complexity index is 605. The van der Waals surface area contributed by atoms with Gasteiger partial charge in [0.1, 0.15) is 0 Å². The number of nitrogens with zero attached hydrogens (tertiary/aromatic N) is 1. The quantitative estimate of drug-likeness (QED) is 0.775. The van der Waals surface area contributed by atoms with Gasteiger partial charge in [-0.2, -0.15) is 0 Å². The van der Waals surface area contributed by atoms with E-state index in [0.717, 1.165) is 18.7 Å². The number of carbonyl (C=O) groups excluding carboxylic acids is 2. The molecule has 0 radical (unpaired) electrons. The van der Waals surface area contributed by atoms with E-state index in [0.29, 0.717) is 13.0 Å². The van der Waals surface area contributed by atoms with E-state index in [1.807, 2.05) is 30.3 Å². The van der Waals surface area contributed by atoms with Crippen molar-refractivity contribution in [3.63, 3.8) is 0 Å². The summed E-state index contributed by atoms with van der Waals surface area (Å²) < 4.78 is 0. The van der Waals surface area contributed by atoms with E-state index in [9.17, 15) is 9.59 Å². The summed E-state index contributed by atoms with van der Waals surface area (Å²) in [6, 6.07) is 9.60. The van der Waals surface area contributed by atoms with Gasteiger partial charge in [-0.1, -0.05) is 56.0 Å². The van der Waals surface area contributed by atoms with E-state index < -0.39 is 0 Å². The van der Waals surface area contributed by atoms with Crippen LogP contribution in [-0.4, -0.2) is 48.4 Å². The fourth-order valence-electron chi connectivity index (χ4n) is 4.53. The third-order valence-corrected chi connectivity index (χ3v) is 6.08. The summed E-state index contributed by atoms with van der Waals surface area (Å²) in [6.07, 6.45) is 10.3. The van der Waals surface area contributed by atoms with Crippen LogP contribution in [0.5, 0.6) is 0 Å². The molecule has 0 atom stereocenters. The van der Waals surface area contributed by atoms with Crippen LogP contribution in [0, 0.1) is 0 Å². The van der Waals surface area contributed by atoms with Gasteiger partial charge in [-0.15, -0.1) is 0 Å². The third kappa shape index (κ3) is 5.80. The normalized spacial score (nSPS) is 20.0. The predicted octanol–water partition coefficient (Wildman–Crippen LogP) is 2.65. The zero-order valence-electron chi connectivity index (χ0n) is 16.3. The number of hydrogen-bond donors (Lipinski definition) is 2. The van der Waals surface area contributed by atoms with E-state index in [1.165, 1.54) is 51.4 Å². The van der Waals surface area contributed by atoms with E-state index in [-0.39, 0.29) is 23.9 Å². The third-order valence-electron chi connectivity index (χ3n) is 6.08. The zero-order valence-corrected chi connectivity index (χ0v) is 16.3. The van der Waals surface area contributed by atoms with Crippen LogP contribution in [0.1, 0.15) is 56.9 Å². The second kappa shape index (κ2) is 9.88. The maximum atomic E-state index is 12.3. The van der Waals surface area contributed by atoms with Gasteiger partial charge < -0.3 is 10.6 Å². The first-order valence-electron chi connectivity index (χ1n) is 10.5. The van der Waals surface area contributed by atoms with Crippen LogP contribution < -0.4 is 10.6 Å². The molecule has 1 heterocycles. The Kier molecular flexibility index (Phi) is 7.27. The Morgan fingerprint density at radius 2 is 1.52 bits per heavy atom. The van der Waals surface area contributed by atoms with Crippen molar-refractivity contribution in [2.45, 2.75) is 63.3 Å². The van der Waals surface area contributed by atoms with Crippen molar-refractivity contribution in [1.29, 1.82) is 0 Å². The van der Waals surface area contributed by atoms with Crippen molar-refractivity contribution in [1.82, 2.24) is 15.5 Å². The SMILES string of the molecule is O=C(CNC(=O)Cc1ccccc1)NCC1(N2CCCCC2)CCCCC1. The summed E-state index contributed by atoms with van der Waals surface area (Å²) in [7, 11) is 0. The molecule has 1 aliphatic carbocycles. The van der Waals surface area contributed by atoms with Crippen LogP contribution in [0.4, 0.5) is 0 Å². The summed E-state index contributed by atoms with van der Waals surface area (Å²) in [5.41, 5.74) is 1.09. The van der Waals surface area contributed by atoms with E-state index in [2.05, 4.69) is 15.5 Å². The van der Waals surface area contributed by atoms with Gasteiger partial charge in [0, 0.05) is 12.1 Å². The van der Waals surface area contributed by atoms with Crippen molar-refractivity contribution < 1.29 is 9.59 Å². The molecule has 5 nitrogen and oxygen atoms in total. The number of carbonyl (C=O) groups is 2. The van der Waals surface area contributed by atoms with Crippen LogP contribution in [0.15, 0.2) is 30.3 Å².